The first-order valence-corrected chi connectivity index (χ1v) is 10.4. The monoisotopic (exact) mass is 336 g/mol. The molecule has 0 bridgehead atoms. The van der Waals surface area contributed by atoms with Gasteiger partial charge in [0.15, 0.2) is 0 Å². The summed E-state index contributed by atoms with van der Waals surface area (Å²) in [4.78, 5) is 5.22. The van der Waals surface area contributed by atoms with Gasteiger partial charge in [0.25, 0.3) is 0 Å². The molecule has 2 aliphatic heterocycles. The minimum Gasteiger partial charge on any atom is -0.313 e. The van der Waals surface area contributed by atoms with Gasteiger partial charge in [0.05, 0.1) is 6.04 Å². The molecule has 0 aromatic rings. The third-order valence-corrected chi connectivity index (χ3v) is 6.46. The Morgan fingerprint density at radius 3 is 2.56 bits per heavy atom. The van der Waals surface area contributed by atoms with E-state index in [1.165, 1.54) is 37.8 Å². The second kappa shape index (κ2) is 7.86. The van der Waals surface area contributed by atoms with Crippen molar-refractivity contribution in [1.29, 1.82) is 0 Å². The van der Waals surface area contributed by atoms with Crippen LogP contribution in [-0.2, 0) is 0 Å². The Kier molecular flexibility index (Phi) is 5.36. The number of aliphatic imine (C=N–C) groups is 1. The van der Waals surface area contributed by atoms with Gasteiger partial charge in [-0.15, -0.1) is 0 Å². The van der Waals surface area contributed by atoms with E-state index in [-0.39, 0.29) is 0 Å². The van der Waals surface area contributed by atoms with Gasteiger partial charge in [-0.1, -0.05) is 43.4 Å². The van der Waals surface area contributed by atoms with Crippen LogP contribution in [0.25, 0.3) is 0 Å². The van der Waals surface area contributed by atoms with Crippen molar-refractivity contribution in [3.63, 3.8) is 0 Å². The van der Waals surface area contributed by atoms with E-state index in [0.29, 0.717) is 29.7 Å². The molecule has 2 nitrogen and oxygen atoms in total. The van der Waals surface area contributed by atoms with Crippen LogP contribution in [0, 0.1) is 23.7 Å². The lowest BCUT2D eigenvalue weighted by atomic mass is 9.77. The first kappa shape index (κ1) is 17.0. The Labute approximate surface area is 152 Å². The zero-order chi connectivity index (χ0) is 17.1. The van der Waals surface area contributed by atoms with Crippen molar-refractivity contribution in [2.24, 2.45) is 28.7 Å². The molecule has 5 atom stereocenters. The summed E-state index contributed by atoms with van der Waals surface area (Å²) in [5, 5.41) is 3.50. The second-order valence-corrected chi connectivity index (χ2v) is 8.08. The molecule has 0 saturated carbocycles. The molecule has 0 radical (unpaired) electrons. The fourth-order valence-electron chi connectivity index (χ4n) is 4.92. The Morgan fingerprint density at radius 2 is 1.88 bits per heavy atom. The molecule has 25 heavy (non-hydrogen) atoms. The van der Waals surface area contributed by atoms with E-state index in [9.17, 15) is 0 Å². The average molecular weight is 337 g/mol. The molecule has 134 valence electrons. The lowest BCUT2D eigenvalue weighted by molar-refractivity contribution is 0.351. The van der Waals surface area contributed by atoms with Gasteiger partial charge in [0, 0.05) is 30.6 Å². The SMILES string of the molecule is CCC1=CC(C2C=CCCC2)=NC1C1C=CC(C2C=CCNC2)CC1. The molecule has 0 aromatic heterocycles. The molecule has 0 aromatic carbocycles. The summed E-state index contributed by atoms with van der Waals surface area (Å²) < 4.78 is 0. The molecular weight excluding hydrogens is 304 g/mol. The van der Waals surface area contributed by atoms with Crippen molar-refractivity contribution >= 4 is 5.71 Å². The lowest BCUT2D eigenvalue weighted by Gasteiger charge is -2.31. The van der Waals surface area contributed by atoms with Crippen molar-refractivity contribution < 1.29 is 0 Å². The van der Waals surface area contributed by atoms with Crippen molar-refractivity contribution in [2.45, 2.75) is 51.5 Å². The predicted octanol–water partition coefficient (Wildman–Crippen LogP) is 4.86. The quantitative estimate of drug-likeness (QED) is 0.728. The summed E-state index contributed by atoms with van der Waals surface area (Å²) in [5.74, 6) is 2.56. The van der Waals surface area contributed by atoms with Crippen molar-refractivity contribution in [2.75, 3.05) is 13.1 Å². The first-order chi connectivity index (χ1) is 12.3. The highest BCUT2D eigenvalue weighted by atomic mass is 14.9. The number of allylic oxidation sites excluding steroid dienone is 4. The molecular formula is C23H32N2. The third kappa shape index (κ3) is 3.74. The third-order valence-electron chi connectivity index (χ3n) is 6.46. The van der Waals surface area contributed by atoms with Gasteiger partial charge < -0.3 is 5.32 Å². The molecule has 0 fully saturated rings. The maximum Gasteiger partial charge on any atom is 0.0778 e. The molecule has 4 aliphatic rings. The fraction of sp³-hybridized carbons (Fsp3) is 0.609. The first-order valence-electron chi connectivity index (χ1n) is 10.4. The van der Waals surface area contributed by atoms with Crippen LogP contribution in [-0.4, -0.2) is 24.8 Å². The molecule has 2 aliphatic carbocycles. The summed E-state index contributed by atoms with van der Waals surface area (Å²) in [7, 11) is 0. The van der Waals surface area contributed by atoms with E-state index in [1.54, 1.807) is 5.57 Å². The minimum absolute atomic E-state index is 0.410. The van der Waals surface area contributed by atoms with Crippen LogP contribution in [0.3, 0.4) is 0 Å². The zero-order valence-corrected chi connectivity index (χ0v) is 15.5. The van der Waals surface area contributed by atoms with Crippen LogP contribution in [0.2, 0.25) is 0 Å². The molecule has 4 rings (SSSR count). The molecule has 2 heteroatoms. The summed E-state index contributed by atoms with van der Waals surface area (Å²) >= 11 is 0. The minimum atomic E-state index is 0.410. The van der Waals surface area contributed by atoms with Crippen molar-refractivity contribution in [3.8, 4) is 0 Å². The zero-order valence-electron chi connectivity index (χ0n) is 15.5. The standard InChI is InChI=1S/C23H32N2/c1-2-17-15-22(19-7-4-3-5-8-19)25-23(17)20-12-10-18(11-13-20)21-9-6-14-24-16-21/h4,6-7,9-10,12,15,18-21,23-24H,2-3,5,8,11,13-14,16H2,1H3. The number of nitrogens with one attached hydrogen (secondary N) is 1. The van der Waals surface area contributed by atoms with Crippen LogP contribution in [0.1, 0.15) is 45.4 Å². The van der Waals surface area contributed by atoms with Gasteiger partial charge in [-0.05, 0) is 62.0 Å². The van der Waals surface area contributed by atoms with Crippen molar-refractivity contribution in [1.82, 2.24) is 5.32 Å². The smallest absolute Gasteiger partial charge is 0.0778 e. The fourth-order valence-corrected chi connectivity index (χ4v) is 4.92. The van der Waals surface area contributed by atoms with Gasteiger partial charge in [-0.3, -0.25) is 4.99 Å². The van der Waals surface area contributed by atoms with Crippen LogP contribution in [0.4, 0.5) is 0 Å². The summed E-state index contributed by atoms with van der Waals surface area (Å²) in [6, 6.07) is 0.410. The van der Waals surface area contributed by atoms with Crippen LogP contribution < -0.4 is 5.32 Å². The van der Waals surface area contributed by atoms with E-state index < -0.39 is 0 Å². The van der Waals surface area contributed by atoms with Crippen LogP contribution >= 0.6 is 0 Å². The molecule has 0 spiro atoms. The molecule has 0 amide bonds. The number of rotatable bonds is 4. The highest BCUT2D eigenvalue weighted by Crippen LogP contribution is 2.37. The molecule has 0 saturated heterocycles. The highest BCUT2D eigenvalue weighted by Gasteiger charge is 2.32. The van der Waals surface area contributed by atoms with Crippen LogP contribution in [0.15, 0.2) is 53.1 Å². The Bertz CT molecular complexity index is 622. The van der Waals surface area contributed by atoms with E-state index in [2.05, 4.69) is 54.8 Å². The van der Waals surface area contributed by atoms with E-state index in [1.807, 2.05) is 0 Å². The number of nitrogens with zero attached hydrogens (tertiary/aromatic N) is 1. The maximum absolute atomic E-state index is 5.22. The van der Waals surface area contributed by atoms with E-state index in [0.717, 1.165) is 19.5 Å². The maximum atomic E-state index is 5.22. The summed E-state index contributed by atoms with van der Waals surface area (Å²) in [6.45, 7) is 4.47. The van der Waals surface area contributed by atoms with E-state index in [4.69, 9.17) is 4.99 Å². The largest absolute Gasteiger partial charge is 0.313 e. The van der Waals surface area contributed by atoms with Gasteiger partial charge in [-0.2, -0.15) is 0 Å². The van der Waals surface area contributed by atoms with Gasteiger partial charge >= 0.3 is 0 Å². The summed E-state index contributed by atoms with van der Waals surface area (Å²) in [5.41, 5.74) is 2.91. The predicted molar refractivity (Wildman–Crippen MR) is 107 cm³/mol. The molecule has 2 heterocycles. The molecule has 5 unspecified atom stereocenters. The van der Waals surface area contributed by atoms with Gasteiger partial charge in [0.2, 0.25) is 0 Å². The number of hydrogen-bond acceptors (Lipinski definition) is 2. The Balaban J connectivity index is 1.46. The molecule has 1 N–H and O–H groups in total. The Morgan fingerprint density at radius 1 is 1.00 bits per heavy atom. The highest BCUT2D eigenvalue weighted by molar-refractivity contribution is 6.00. The second-order valence-electron chi connectivity index (χ2n) is 8.08. The normalized spacial score (nSPS) is 37.9. The van der Waals surface area contributed by atoms with Crippen LogP contribution in [0.5, 0.6) is 0 Å². The van der Waals surface area contributed by atoms with E-state index >= 15 is 0 Å². The Hall–Kier alpha value is -1.41. The summed E-state index contributed by atoms with van der Waals surface area (Å²) in [6.07, 6.45) is 24.4. The average Bonchev–Trinajstić information content (AvgIpc) is 3.14. The van der Waals surface area contributed by atoms with Gasteiger partial charge in [0.1, 0.15) is 0 Å². The van der Waals surface area contributed by atoms with Gasteiger partial charge in [-0.25, -0.2) is 0 Å². The topological polar surface area (TPSA) is 24.4 Å². The number of hydrogen-bond donors (Lipinski definition) is 1. The lowest BCUT2D eigenvalue weighted by Crippen LogP contribution is -2.32. The van der Waals surface area contributed by atoms with Crippen molar-refractivity contribution in [3.05, 3.63) is 48.1 Å².